The Labute approximate surface area is 120 Å². The fraction of sp³-hybridized carbons (Fsp3) is 1.00. The summed E-state index contributed by atoms with van der Waals surface area (Å²) in [4.78, 5) is 0. The first-order valence-corrected chi connectivity index (χ1v) is 8.91. The van der Waals surface area contributed by atoms with Crippen molar-refractivity contribution in [2.45, 2.75) is 91.0 Å². The van der Waals surface area contributed by atoms with Crippen LogP contribution in [0.1, 0.15) is 85.0 Å². The van der Waals surface area contributed by atoms with Gasteiger partial charge in [-0.2, -0.15) is 0 Å². The lowest BCUT2D eigenvalue weighted by molar-refractivity contribution is 0.0923. The number of rotatable bonds is 6. The van der Waals surface area contributed by atoms with Crippen LogP contribution in [0.3, 0.4) is 0 Å². The highest BCUT2D eigenvalue weighted by Gasteiger charge is 2.44. The van der Waals surface area contributed by atoms with Gasteiger partial charge in [-0.15, -0.1) is 0 Å². The molecule has 0 bridgehead atoms. The molecule has 2 rings (SSSR count). The first-order valence-electron chi connectivity index (χ1n) is 8.91. The van der Waals surface area contributed by atoms with E-state index in [4.69, 9.17) is 0 Å². The average molecular weight is 265 g/mol. The Morgan fingerprint density at radius 2 is 1.63 bits per heavy atom. The highest BCUT2D eigenvalue weighted by atomic mass is 14.9. The van der Waals surface area contributed by atoms with Crippen molar-refractivity contribution in [3.8, 4) is 0 Å². The summed E-state index contributed by atoms with van der Waals surface area (Å²) in [5.74, 6) is 1.81. The Balaban J connectivity index is 2.12. The fourth-order valence-corrected chi connectivity index (χ4v) is 5.10. The van der Waals surface area contributed by atoms with E-state index in [9.17, 15) is 0 Å². The van der Waals surface area contributed by atoms with Crippen molar-refractivity contribution in [3.05, 3.63) is 0 Å². The molecule has 0 saturated heterocycles. The van der Waals surface area contributed by atoms with E-state index < -0.39 is 0 Å². The van der Waals surface area contributed by atoms with Crippen LogP contribution in [0.5, 0.6) is 0 Å². The van der Waals surface area contributed by atoms with Gasteiger partial charge in [0.15, 0.2) is 0 Å². The van der Waals surface area contributed by atoms with Crippen molar-refractivity contribution in [2.24, 2.45) is 17.3 Å². The minimum Gasteiger partial charge on any atom is -0.313 e. The van der Waals surface area contributed by atoms with Gasteiger partial charge < -0.3 is 5.32 Å². The van der Waals surface area contributed by atoms with Crippen molar-refractivity contribution >= 4 is 0 Å². The van der Waals surface area contributed by atoms with Crippen molar-refractivity contribution in [2.75, 3.05) is 6.54 Å². The molecule has 19 heavy (non-hydrogen) atoms. The van der Waals surface area contributed by atoms with Gasteiger partial charge in [-0.3, -0.25) is 0 Å². The molecule has 2 aliphatic rings. The summed E-state index contributed by atoms with van der Waals surface area (Å²) in [6.07, 6.45) is 14.8. The number of hydrogen-bond donors (Lipinski definition) is 1. The molecular formula is C18H35N. The summed E-state index contributed by atoms with van der Waals surface area (Å²) >= 11 is 0. The SMILES string of the molecule is CCNC(C1CCCCC1)C1(CC(C)C)CCCC1. The predicted molar refractivity (Wildman–Crippen MR) is 84.4 cm³/mol. The summed E-state index contributed by atoms with van der Waals surface area (Å²) in [5.41, 5.74) is 0.631. The summed E-state index contributed by atoms with van der Waals surface area (Å²) in [5, 5.41) is 3.94. The summed E-state index contributed by atoms with van der Waals surface area (Å²) < 4.78 is 0. The minimum absolute atomic E-state index is 0.631. The minimum atomic E-state index is 0.631. The van der Waals surface area contributed by atoms with Gasteiger partial charge in [-0.25, -0.2) is 0 Å². The normalized spacial score (nSPS) is 25.9. The molecule has 1 N–H and O–H groups in total. The van der Waals surface area contributed by atoms with Crippen LogP contribution in [-0.4, -0.2) is 12.6 Å². The van der Waals surface area contributed by atoms with E-state index in [1.165, 1.54) is 64.2 Å². The molecule has 2 aliphatic carbocycles. The van der Waals surface area contributed by atoms with Crippen LogP contribution < -0.4 is 5.32 Å². The van der Waals surface area contributed by atoms with Crippen molar-refractivity contribution in [1.82, 2.24) is 5.32 Å². The lowest BCUT2D eigenvalue weighted by Crippen LogP contribution is -2.50. The van der Waals surface area contributed by atoms with Gasteiger partial charge in [0.1, 0.15) is 0 Å². The average Bonchev–Trinajstić information content (AvgIpc) is 2.85. The molecule has 1 atom stereocenters. The molecule has 112 valence electrons. The topological polar surface area (TPSA) is 12.0 Å². The Bertz CT molecular complexity index is 246. The fourth-order valence-electron chi connectivity index (χ4n) is 5.10. The zero-order chi connectivity index (χ0) is 13.7. The third-order valence-electron chi connectivity index (χ3n) is 5.62. The van der Waals surface area contributed by atoms with Crippen LogP contribution >= 0.6 is 0 Å². The van der Waals surface area contributed by atoms with Gasteiger partial charge in [0.25, 0.3) is 0 Å². The zero-order valence-electron chi connectivity index (χ0n) is 13.5. The van der Waals surface area contributed by atoms with Gasteiger partial charge in [0.05, 0.1) is 0 Å². The van der Waals surface area contributed by atoms with E-state index in [0.717, 1.165) is 24.4 Å². The molecule has 1 heteroatoms. The Morgan fingerprint density at radius 1 is 1.00 bits per heavy atom. The van der Waals surface area contributed by atoms with Crippen LogP contribution in [0.2, 0.25) is 0 Å². The molecule has 1 nitrogen and oxygen atoms in total. The number of hydrogen-bond acceptors (Lipinski definition) is 1. The lowest BCUT2D eigenvalue weighted by Gasteiger charge is -2.45. The molecule has 0 heterocycles. The van der Waals surface area contributed by atoms with E-state index in [0.29, 0.717) is 5.41 Å². The van der Waals surface area contributed by atoms with Gasteiger partial charge in [-0.05, 0) is 55.9 Å². The third kappa shape index (κ3) is 3.74. The van der Waals surface area contributed by atoms with Crippen LogP contribution in [0.4, 0.5) is 0 Å². The van der Waals surface area contributed by atoms with E-state index in [1.807, 2.05) is 0 Å². The second-order valence-corrected chi connectivity index (χ2v) is 7.60. The predicted octanol–water partition coefficient (Wildman–Crippen LogP) is 5.15. The molecule has 0 aromatic carbocycles. The maximum absolute atomic E-state index is 3.94. The maximum atomic E-state index is 3.94. The second kappa shape index (κ2) is 7.11. The van der Waals surface area contributed by atoms with E-state index in [-0.39, 0.29) is 0 Å². The molecule has 0 aromatic heterocycles. The quantitative estimate of drug-likeness (QED) is 0.700. The largest absolute Gasteiger partial charge is 0.313 e. The van der Waals surface area contributed by atoms with Gasteiger partial charge >= 0.3 is 0 Å². The Kier molecular flexibility index (Phi) is 5.74. The standard InChI is InChI=1S/C18H35N/c1-4-19-17(16-10-6-5-7-11-16)18(14-15(2)3)12-8-9-13-18/h15-17,19H,4-14H2,1-3H3. The molecule has 2 fully saturated rings. The highest BCUT2D eigenvalue weighted by Crippen LogP contribution is 2.49. The zero-order valence-corrected chi connectivity index (χ0v) is 13.5. The van der Waals surface area contributed by atoms with Crippen LogP contribution in [-0.2, 0) is 0 Å². The van der Waals surface area contributed by atoms with Crippen LogP contribution in [0.25, 0.3) is 0 Å². The molecule has 0 amide bonds. The molecule has 0 aromatic rings. The molecule has 0 aliphatic heterocycles. The highest BCUT2D eigenvalue weighted by molar-refractivity contribution is 4.98. The Morgan fingerprint density at radius 3 is 2.16 bits per heavy atom. The van der Waals surface area contributed by atoms with Crippen LogP contribution in [0.15, 0.2) is 0 Å². The van der Waals surface area contributed by atoms with Crippen molar-refractivity contribution < 1.29 is 0 Å². The molecule has 1 unspecified atom stereocenters. The van der Waals surface area contributed by atoms with Gasteiger partial charge in [0, 0.05) is 6.04 Å². The van der Waals surface area contributed by atoms with Crippen molar-refractivity contribution in [3.63, 3.8) is 0 Å². The Hall–Kier alpha value is -0.0400. The number of nitrogens with one attached hydrogen (secondary N) is 1. The molecule has 2 saturated carbocycles. The monoisotopic (exact) mass is 265 g/mol. The molecular weight excluding hydrogens is 230 g/mol. The van der Waals surface area contributed by atoms with E-state index >= 15 is 0 Å². The van der Waals surface area contributed by atoms with Gasteiger partial charge in [-0.1, -0.05) is 52.9 Å². The smallest absolute Gasteiger partial charge is 0.0152 e. The second-order valence-electron chi connectivity index (χ2n) is 7.60. The van der Waals surface area contributed by atoms with Crippen molar-refractivity contribution in [1.29, 1.82) is 0 Å². The van der Waals surface area contributed by atoms with Crippen LogP contribution in [0, 0.1) is 17.3 Å². The first kappa shape index (κ1) is 15.4. The van der Waals surface area contributed by atoms with E-state index in [2.05, 4.69) is 26.1 Å². The molecule has 0 spiro atoms. The van der Waals surface area contributed by atoms with E-state index in [1.54, 1.807) is 0 Å². The third-order valence-corrected chi connectivity index (χ3v) is 5.62. The summed E-state index contributed by atoms with van der Waals surface area (Å²) in [6.45, 7) is 8.29. The summed E-state index contributed by atoms with van der Waals surface area (Å²) in [7, 11) is 0. The lowest BCUT2D eigenvalue weighted by atomic mass is 9.65. The first-order chi connectivity index (χ1) is 9.18. The maximum Gasteiger partial charge on any atom is 0.0152 e. The molecule has 0 radical (unpaired) electrons. The summed E-state index contributed by atoms with van der Waals surface area (Å²) in [6, 6.07) is 0.808. The van der Waals surface area contributed by atoms with Gasteiger partial charge in [0.2, 0.25) is 0 Å².